The van der Waals surface area contributed by atoms with Gasteiger partial charge in [-0.2, -0.15) is 0 Å². The number of likely N-dealkylation sites (tertiary alicyclic amines) is 1. The Morgan fingerprint density at radius 3 is 2.50 bits per heavy atom. The largest absolute Gasteiger partial charge is 0.507 e. The number of rotatable bonds is 1. The van der Waals surface area contributed by atoms with Crippen molar-refractivity contribution in [3.63, 3.8) is 0 Å². The molecular formula is C11H14N2O3. The van der Waals surface area contributed by atoms with Crippen LogP contribution in [0, 0.1) is 0 Å². The van der Waals surface area contributed by atoms with Crippen LogP contribution in [-0.2, 0) is 0 Å². The summed E-state index contributed by atoms with van der Waals surface area (Å²) < 4.78 is 0. The average molecular weight is 222 g/mol. The Kier molecular flexibility index (Phi) is 2.70. The second-order valence-electron chi connectivity index (χ2n) is 3.97. The van der Waals surface area contributed by atoms with E-state index in [0.717, 1.165) is 6.42 Å². The van der Waals surface area contributed by atoms with Crippen molar-refractivity contribution in [3.05, 3.63) is 23.8 Å². The van der Waals surface area contributed by atoms with E-state index < -0.39 is 0 Å². The molecule has 0 aromatic heterocycles. The lowest BCUT2D eigenvalue weighted by molar-refractivity contribution is 0.0784. The fourth-order valence-electron chi connectivity index (χ4n) is 1.88. The molecule has 4 N–H and O–H groups in total. The van der Waals surface area contributed by atoms with Crippen LogP contribution >= 0.6 is 0 Å². The van der Waals surface area contributed by atoms with Crippen LogP contribution in [0.3, 0.4) is 0 Å². The summed E-state index contributed by atoms with van der Waals surface area (Å²) in [5, 5.41) is 19.1. The first-order chi connectivity index (χ1) is 7.59. The van der Waals surface area contributed by atoms with Crippen molar-refractivity contribution in [3.8, 4) is 11.5 Å². The van der Waals surface area contributed by atoms with E-state index in [1.807, 2.05) is 0 Å². The Labute approximate surface area is 93.1 Å². The van der Waals surface area contributed by atoms with Gasteiger partial charge in [0.1, 0.15) is 17.1 Å². The summed E-state index contributed by atoms with van der Waals surface area (Å²) in [6.07, 6.45) is 0.750. The summed E-state index contributed by atoms with van der Waals surface area (Å²) in [5.74, 6) is -0.778. The minimum atomic E-state index is -0.372. The summed E-state index contributed by atoms with van der Waals surface area (Å²) in [7, 11) is 0. The third kappa shape index (κ3) is 1.81. The minimum absolute atomic E-state index is 0.0167. The number of hydrogen-bond donors (Lipinski definition) is 3. The monoisotopic (exact) mass is 222 g/mol. The van der Waals surface area contributed by atoms with Crippen molar-refractivity contribution in [1.82, 2.24) is 4.90 Å². The van der Waals surface area contributed by atoms with Gasteiger partial charge in [0.05, 0.1) is 0 Å². The summed E-state index contributed by atoms with van der Waals surface area (Å²) in [6, 6.07) is 4.22. The number of carbonyl (C=O) groups excluding carboxylic acids is 1. The van der Waals surface area contributed by atoms with E-state index in [1.165, 1.54) is 18.2 Å². The zero-order valence-corrected chi connectivity index (χ0v) is 8.76. The molecule has 1 heterocycles. The van der Waals surface area contributed by atoms with Crippen molar-refractivity contribution in [1.29, 1.82) is 0 Å². The molecule has 1 aliphatic heterocycles. The number of nitrogens with two attached hydrogens (primary N) is 1. The first-order valence-corrected chi connectivity index (χ1v) is 5.15. The zero-order valence-electron chi connectivity index (χ0n) is 8.76. The molecule has 1 amide bonds. The smallest absolute Gasteiger partial charge is 0.261 e. The lowest BCUT2D eigenvalue weighted by atomic mass is 10.1. The molecule has 1 aliphatic rings. The third-order valence-electron chi connectivity index (χ3n) is 2.75. The highest BCUT2D eigenvalue weighted by atomic mass is 16.3. The zero-order chi connectivity index (χ0) is 11.7. The molecule has 1 atom stereocenters. The number of hydrogen-bond acceptors (Lipinski definition) is 4. The average Bonchev–Trinajstić information content (AvgIpc) is 2.64. The molecule has 0 spiro atoms. The first-order valence-electron chi connectivity index (χ1n) is 5.15. The van der Waals surface area contributed by atoms with Crippen LogP contribution < -0.4 is 5.73 Å². The summed E-state index contributed by atoms with van der Waals surface area (Å²) in [6.45, 7) is 1.03. The molecule has 1 saturated heterocycles. The van der Waals surface area contributed by atoms with Gasteiger partial charge in [0.25, 0.3) is 5.91 Å². The van der Waals surface area contributed by atoms with Crippen molar-refractivity contribution >= 4 is 5.91 Å². The number of phenols is 2. The van der Waals surface area contributed by atoms with Gasteiger partial charge < -0.3 is 20.8 Å². The van der Waals surface area contributed by atoms with Crippen LogP contribution in [0.25, 0.3) is 0 Å². The van der Waals surface area contributed by atoms with Gasteiger partial charge in [-0.25, -0.2) is 0 Å². The quantitative estimate of drug-likeness (QED) is 0.636. The maximum absolute atomic E-state index is 12.0. The predicted molar refractivity (Wildman–Crippen MR) is 58.3 cm³/mol. The van der Waals surface area contributed by atoms with E-state index in [2.05, 4.69) is 0 Å². The van der Waals surface area contributed by atoms with Gasteiger partial charge in [0, 0.05) is 19.1 Å². The molecule has 0 unspecified atom stereocenters. The maximum Gasteiger partial charge on any atom is 0.261 e. The number of phenolic OH excluding ortho intramolecular Hbond substituents is 2. The third-order valence-corrected chi connectivity index (χ3v) is 2.75. The number of aromatic hydroxyl groups is 2. The SMILES string of the molecule is N[C@H]1CCN(C(=O)c2c(O)cccc2O)C1. The molecule has 0 aliphatic carbocycles. The Bertz CT molecular complexity index is 399. The molecule has 0 bridgehead atoms. The van der Waals surface area contributed by atoms with E-state index in [0.29, 0.717) is 13.1 Å². The van der Waals surface area contributed by atoms with Gasteiger partial charge >= 0.3 is 0 Å². The normalized spacial score (nSPS) is 20.1. The highest BCUT2D eigenvalue weighted by Crippen LogP contribution is 2.28. The van der Waals surface area contributed by atoms with Crippen molar-refractivity contribution in [2.75, 3.05) is 13.1 Å². The van der Waals surface area contributed by atoms with Crippen LogP contribution in [-0.4, -0.2) is 40.2 Å². The van der Waals surface area contributed by atoms with Crippen LogP contribution in [0.5, 0.6) is 11.5 Å². The highest BCUT2D eigenvalue weighted by Gasteiger charge is 2.27. The van der Waals surface area contributed by atoms with Crippen LogP contribution in [0.15, 0.2) is 18.2 Å². The fourth-order valence-corrected chi connectivity index (χ4v) is 1.88. The first kappa shape index (κ1) is 10.8. The van der Waals surface area contributed by atoms with Crippen molar-refractivity contribution in [2.45, 2.75) is 12.5 Å². The Hall–Kier alpha value is -1.75. The summed E-state index contributed by atoms with van der Waals surface area (Å²) >= 11 is 0. The van der Waals surface area contributed by atoms with E-state index in [-0.39, 0.29) is 29.0 Å². The van der Waals surface area contributed by atoms with Crippen molar-refractivity contribution < 1.29 is 15.0 Å². The molecule has 1 aromatic rings. The van der Waals surface area contributed by atoms with Gasteiger partial charge in [-0.3, -0.25) is 4.79 Å². The Morgan fingerprint density at radius 1 is 1.38 bits per heavy atom. The van der Waals surface area contributed by atoms with Crippen LogP contribution in [0.2, 0.25) is 0 Å². The fraction of sp³-hybridized carbons (Fsp3) is 0.364. The molecule has 0 saturated carbocycles. The standard InChI is InChI=1S/C11H14N2O3/c12-7-4-5-13(6-7)11(16)10-8(14)2-1-3-9(10)15/h1-3,7,14-15H,4-6,12H2/t7-/m0/s1. The molecule has 2 rings (SSSR count). The van der Waals surface area contributed by atoms with Crippen LogP contribution in [0.4, 0.5) is 0 Å². The highest BCUT2D eigenvalue weighted by molar-refractivity contribution is 5.99. The number of benzene rings is 1. The van der Waals surface area contributed by atoms with Crippen molar-refractivity contribution in [2.24, 2.45) is 5.73 Å². The van der Waals surface area contributed by atoms with Gasteiger partial charge in [0.15, 0.2) is 0 Å². The number of amides is 1. The van der Waals surface area contributed by atoms with Gasteiger partial charge in [-0.15, -0.1) is 0 Å². The molecule has 1 fully saturated rings. The Balaban J connectivity index is 2.27. The molecule has 5 nitrogen and oxygen atoms in total. The number of carbonyl (C=O) groups is 1. The molecule has 16 heavy (non-hydrogen) atoms. The summed E-state index contributed by atoms with van der Waals surface area (Å²) in [5.41, 5.74) is 5.65. The topological polar surface area (TPSA) is 86.8 Å². The predicted octanol–water partition coefficient (Wildman–Crippen LogP) is 0.271. The van der Waals surface area contributed by atoms with Gasteiger partial charge in [0.2, 0.25) is 0 Å². The minimum Gasteiger partial charge on any atom is -0.507 e. The second-order valence-corrected chi connectivity index (χ2v) is 3.97. The van der Waals surface area contributed by atoms with Gasteiger partial charge in [-0.05, 0) is 18.6 Å². The van der Waals surface area contributed by atoms with Gasteiger partial charge in [-0.1, -0.05) is 6.07 Å². The summed E-state index contributed by atoms with van der Waals surface area (Å²) in [4.78, 5) is 13.5. The molecule has 1 aromatic carbocycles. The van der Waals surface area contributed by atoms with Crippen LogP contribution in [0.1, 0.15) is 16.8 Å². The molecule has 86 valence electrons. The van der Waals surface area contributed by atoms with E-state index in [9.17, 15) is 15.0 Å². The molecule has 0 radical (unpaired) electrons. The maximum atomic E-state index is 12.0. The Morgan fingerprint density at radius 2 is 2.00 bits per heavy atom. The molecular weight excluding hydrogens is 208 g/mol. The van der Waals surface area contributed by atoms with E-state index in [4.69, 9.17) is 5.73 Å². The van der Waals surface area contributed by atoms with E-state index >= 15 is 0 Å². The second kappa shape index (κ2) is 4.02. The lowest BCUT2D eigenvalue weighted by Gasteiger charge is -2.17. The lowest BCUT2D eigenvalue weighted by Crippen LogP contribution is -2.31. The number of nitrogens with zero attached hydrogens (tertiary/aromatic N) is 1. The van der Waals surface area contributed by atoms with E-state index in [1.54, 1.807) is 4.90 Å². The molecule has 5 heteroatoms.